The third-order valence-corrected chi connectivity index (χ3v) is 5.80. The molecule has 2 heterocycles. The summed E-state index contributed by atoms with van der Waals surface area (Å²) in [5.41, 5.74) is 2.29. The zero-order valence-corrected chi connectivity index (χ0v) is 17.9. The molecule has 3 aromatic rings. The van der Waals surface area contributed by atoms with Gasteiger partial charge in [0, 0.05) is 43.3 Å². The van der Waals surface area contributed by atoms with Crippen LogP contribution in [0.5, 0.6) is 0 Å². The molecule has 0 aliphatic carbocycles. The van der Waals surface area contributed by atoms with Gasteiger partial charge in [0.15, 0.2) is 0 Å². The Kier molecular flexibility index (Phi) is 6.48. The first-order valence-electron chi connectivity index (χ1n) is 10.1. The van der Waals surface area contributed by atoms with Gasteiger partial charge in [-0.1, -0.05) is 29.8 Å². The van der Waals surface area contributed by atoms with Gasteiger partial charge in [0.1, 0.15) is 18.2 Å². The average molecular weight is 458 g/mol. The van der Waals surface area contributed by atoms with Gasteiger partial charge in [-0.25, -0.2) is 4.39 Å². The van der Waals surface area contributed by atoms with Crippen molar-refractivity contribution in [1.82, 2.24) is 19.6 Å². The minimum absolute atomic E-state index is 0.0364. The van der Waals surface area contributed by atoms with Crippen LogP contribution in [0.1, 0.15) is 21.5 Å². The van der Waals surface area contributed by atoms with Crippen LogP contribution in [-0.4, -0.2) is 56.6 Å². The molecule has 0 radical (unpaired) electrons. The molecule has 0 atom stereocenters. The summed E-state index contributed by atoms with van der Waals surface area (Å²) in [6, 6.07) is 11.6. The first-order valence-corrected chi connectivity index (χ1v) is 10.5. The Morgan fingerprint density at radius 3 is 2.44 bits per heavy atom. The van der Waals surface area contributed by atoms with Crippen molar-refractivity contribution in [3.63, 3.8) is 0 Å². The van der Waals surface area contributed by atoms with Gasteiger partial charge >= 0.3 is 5.69 Å². The van der Waals surface area contributed by atoms with Gasteiger partial charge < -0.3 is 4.90 Å². The maximum Gasteiger partial charge on any atom is 0.307 e. The predicted octanol–water partition coefficient (Wildman–Crippen LogP) is 3.59. The summed E-state index contributed by atoms with van der Waals surface area (Å²) in [5.74, 6) is -0.392. The van der Waals surface area contributed by atoms with Crippen molar-refractivity contribution in [3.05, 3.63) is 92.5 Å². The maximum absolute atomic E-state index is 13.2. The Bertz CT molecular complexity index is 1130. The van der Waals surface area contributed by atoms with E-state index >= 15 is 0 Å². The smallest absolute Gasteiger partial charge is 0.307 e. The van der Waals surface area contributed by atoms with Crippen molar-refractivity contribution in [2.24, 2.45) is 0 Å². The topological polar surface area (TPSA) is 84.5 Å². The molecule has 10 heteroatoms. The van der Waals surface area contributed by atoms with Gasteiger partial charge in [-0.3, -0.25) is 24.5 Å². The molecule has 8 nitrogen and oxygen atoms in total. The normalized spacial score (nSPS) is 14.5. The van der Waals surface area contributed by atoms with Crippen molar-refractivity contribution < 1.29 is 14.1 Å². The summed E-state index contributed by atoms with van der Waals surface area (Å²) in [7, 11) is 0. The van der Waals surface area contributed by atoms with Gasteiger partial charge in [-0.05, 0) is 35.4 Å². The quantitative estimate of drug-likeness (QED) is 0.417. The van der Waals surface area contributed by atoms with E-state index in [9.17, 15) is 19.3 Å². The number of benzene rings is 2. The third-order valence-electron chi connectivity index (χ3n) is 5.44. The van der Waals surface area contributed by atoms with Crippen LogP contribution >= 0.6 is 11.6 Å². The van der Waals surface area contributed by atoms with Gasteiger partial charge in [0.25, 0.3) is 5.91 Å². The number of hydrogen-bond donors (Lipinski definition) is 0. The van der Waals surface area contributed by atoms with E-state index in [-0.39, 0.29) is 17.4 Å². The molecular weight excluding hydrogens is 437 g/mol. The van der Waals surface area contributed by atoms with Crippen LogP contribution < -0.4 is 0 Å². The van der Waals surface area contributed by atoms with Crippen molar-refractivity contribution in [2.45, 2.75) is 13.1 Å². The Balaban J connectivity index is 1.31. The molecule has 0 bridgehead atoms. The number of aromatic nitrogens is 2. The summed E-state index contributed by atoms with van der Waals surface area (Å²) in [4.78, 5) is 27.1. The SMILES string of the molecule is O=C(c1ccc(Cn2cc([N+](=O)[O-])cn2)cc1)N1CCN(Cc2ccc(F)cc2Cl)CC1. The molecule has 4 rings (SSSR count). The van der Waals surface area contributed by atoms with E-state index in [0.717, 1.165) is 11.1 Å². The molecule has 1 saturated heterocycles. The van der Waals surface area contributed by atoms with Gasteiger partial charge in [0.2, 0.25) is 0 Å². The van der Waals surface area contributed by atoms with Crippen LogP contribution in [-0.2, 0) is 13.1 Å². The number of carbonyl (C=O) groups is 1. The molecular formula is C22H21ClFN5O3. The fourth-order valence-electron chi connectivity index (χ4n) is 3.66. The van der Waals surface area contributed by atoms with Crippen LogP contribution in [0.3, 0.4) is 0 Å². The van der Waals surface area contributed by atoms with E-state index in [4.69, 9.17) is 11.6 Å². The first-order chi connectivity index (χ1) is 15.4. The number of rotatable bonds is 6. The number of nitro groups is 1. The Hall–Kier alpha value is -3.30. The lowest BCUT2D eigenvalue weighted by Gasteiger charge is -2.35. The number of carbonyl (C=O) groups excluding carboxylic acids is 1. The third kappa shape index (κ3) is 5.12. The molecule has 1 aliphatic rings. The number of halogens is 2. The fraction of sp³-hybridized carbons (Fsp3) is 0.273. The van der Waals surface area contributed by atoms with E-state index in [0.29, 0.717) is 49.9 Å². The Morgan fingerprint density at radius 2 is 1.81 bits per heavy atom. The second kappa shape index (κ2) is 9.46. The highest BCUT2D eigenvalue weighted by molar-refractivity contribution is 6.31. The highest BCUT2D eigenvalue weighted by atomic mass is 35.5. The lowest BCUT2D eigenvalue weighted by atomic mass is 10.1. The lowest BCUT2D eigenvalue weighted by Crippen LogP contribution is -2.48. The van der Waals surface area contributed by atoms with Crippen molar-refractivity contribution in [2.75, 3.05) is 26.2 Å². The van der Waals surface area contributed by atoms with E-state index in [1.165, 1.54) is 29.2 Å². The molecule has 1 fully saturated rings. The van der Waals surface area contributed by atoms with Crippen LogP contribution in [0.4, 0.5) is 10.1 Å². The van der Waals surface area contributed by atoms with E-state index in [2.05, 4.69) is 10.00 Å². The van der Waals surface area contributed by atoms with Crippen LogP contribution in [0, 0.1) is 15.9 Å². The predicted molar refractivity (Wildman–Crippen MR) is 117 cm³/mol. The number of hydrogen-bond acceptors (Lipinski definition) is 5. The molecule has 0 unspecified atom stereocenters. The van der Waals surface area contributed by atoms with Gasteiger partial charge in [0.05, 0.1) is 11.5 Å². The fourth-order valence-corrected chi connectivity index (χ4v) is 3.88. The minimum atomic E-state index is -0.487. The molecule has 1 amide bonds. The summed E-state index contributed by atoms with van der Waals surface area (Å²) in [6.07, 6.45) is 2.58. The first kappa shape index (κ1) is 21.9. The summed E-state index contributed by atoms with van der Waals surface area (Å²) in [5, 5.41) is 15.2. The summed E-state index contributed by atoms with van der Waals surface area (Å²) in [6.45, 7) is 3.59. The average Bonchev–Trinajstić information content (AvgIpc) is 3.25. The van der Waals surface area contributed by atoms with E-state index in [1.807, 2.05) is 17.0 Å². The molecule has 166 valence electrons. The second-order valence-electron chi connectivity index (χ2n) is 7.65. The molecule has 2 aromatic carbocycles. The minimum Gasteiger partial charge on any atom is -0.336 e. The van der Waals surface area contributed by atoms with Gasteiger partial charge in [-0.2, -0.15) is 5.10 Å². The monoisotopic (exact) mass is 457 g/mol. The molecule has 0 N–H and O–H groups in total. The van der Waals surface area contributed by atoms with E-state index in [1.54, 1.807) is 18.2 Å². The van der Waals surface area contributed by atoms with Crippen molar-refractivity contribution in [3.8, 4) is 0 Å². The molecule has 1 aromatic heterocycles. The maximum atomic E-state index is 13.2. The number of nitrogens with zero attached hydrogens (tertiary/aromatic N) is 5. The summed E-state index contributed by atoms with van der Waals surface area (Å²) < 4.78 is 14.7. The summed E-state index contributed by atoms with van der Waals surface area (Å²) >= 11 is 6.12. The lowest BCUT2D eigenvalue weighted by molar-refractivity contribution is -0.385. The largest absolute Gasteiger partial charge is 0.336 e. The Morgan fingerprint density at radius 1 is 1.09 bits per heavy atom. The van der Waals surface area contributed by atoms with Crippen molar-refractivity contribution in [1.29, 1.82) is 0 Å². The number of piperazine rings is 1. The molecule has 32 heavy (non-hydrogen) atoms. The standard InChI is InChI=1S/C22H21ClFN5O3/c23-21-11-19(24)6-5-18(21)14-26-7-9-27(10-8-26)22(30)17-3-1-16(2-4-17)13-28-15-20(12-25-28)29(31)32/h1-6,11-12,15H,7-10,13-14H2. The molecule has 1 aliphatic heterocycles. The van der Waals surface area contributed by atoms with Crippen LogP contribution in [0.15, 0.2) is 54.9 Å². The van der Waals surface area contributed by atoms with Gasteiger partial charge in [-0.15, -0.1) is 0 Å². The highest BCUT2D eigenvalue weighted by Crippen LogP contribution is 2.20. The van der Waals surface area contributed by atoms with E-state index < -0.39 is 4.92 Å². The Labute approximate surface area is 189 Å². The number of amides is 1. The highest BCUT2D eigenvalue weighted by Gasteiger charge is 2.22. The molecule has 0 spiro atoms. The van der Waals surface area contributed by atoms with Crippen LogP contribution in [0.2, 0.25) is 5.02 Å². The van der Waals surface area contributed by atoms with Crippen LogP contribution in [0.25, 0.3) is 0 Å². The zero-order valence-electron chi connectivity index (χ0n) is 17.2. The molecule has 0 saturated carbocycles. The second-order valence-corrected chi connectivity index (χ2v) is 8.06. The zero-order chi connectivity index (χ0) is 22.7. The van der Waals surface area contributed by atoms with Crippen molar-refractivity contribution >= 4 is 23.2 Å².